The minimum absolute atomic E-state index is 0.0753. The number of aryl methyl sites for hydroxylation is 1. The van der Waals surface area contributed by atoms with Crippen molar-refractivity contribution in [1.29, 1.82) is 0 Å². The lowest BCUT2D eigenvalue weighted by Gasteiger charge is -2.26. The molecular weight excluding hydrogens is 480 g/mol. The van der Waals surface area contributed by atoms with Crippen LogP contribution < -0.4 is 9.47 Å². The van der Waals surface area contributed by atoms with Gasteiger partial charge < -0.3 is 24.4 Å². The van der Waals surface area contributed by atoms with Crippen molar-refractivity contribution in [2.75, 3.05) is 33.8 Å². The molecule has 1 fully saturated rings. The molecule has 0 aliphatic carbocycles. The van der Waals surface area contributed by atoms with Gasteiger partial charge in [-0.05, 0) is 75.5 Å². The third-order valence-corrected chi connectivity index (χ3v) is 6.45. The number of likely N-dealkylation sites (tertiary alicyclic amines) is 1. The molecular formula is C31H34N2O5. The van der Waals surface area contributed by atoms with E-state index in [1.165, 1.54) is 4.90 Å². The highest BCUT2D eigenvalue weighted by Crippen LogP contribution is 2.39. The monoisotopic (exact) mass is 514 g/mol. The summed E-state index contributed by atoms with van der Waals surface area (Å²) in [4.78, 5) is 29.8. The number of carbonyl (C=O) groups is 2. The van der Waals surface area contributed by atoms with Crippen LogP contribution in [0.5, 0.6) is 11.5 Å². The molecule has 198 valence electrons. The van der Waals surface area contributed by atoms with Crippen LogP contribution in [0.15, 0.2) is 78.4 Å². The van der Waals surface area contributed by atoms with Crippen LogP contribution in [0.25, 0.3) is 5.76 Å². The van der Waals surface area contributed by atoms with Gasteiger partial charge in [0, 0.05) is 18.7 Å². The second-order valence-corrected chi connectivity index (χ2v) is 9.60. The van der Waals surface area contributed by atoms with Crippen molar-refractivity contribution in [3.8, 4) is 11.5 Å². The molecule has 7 heteroatoms. The van der Waals surface area contributed by atoms with Crippen molar-refractivity contribution in [2.45, 2.75) is 26.5 Å². The van der Waals surface area contributed by atoms with Crippen LogP contribution in [-0.2, 0) is 16.2 Å². The van der Waals surface area contributed by atoms with E-state index < -0.39 is 17.7 Å². The summed E-state index contributed by atoms with van der Waals surface area (Å²) < 4.78 is 11.4. The molecule has 1 aliphatic heterocycles. The molecule has 0 saturated carbocycles. The van der Waals surface area contributed by atoms with E-state index in [-0.39, 0.29) is 11.3 Å². The van der Waals surface area contributed by atoms with E-state index in [0.29, 0.717) is 43.4 Å². The highest BCUT2D eigenvalue weighted by molar-refractivity contribution is 6.46. The van der Waals surface area contributed by atoms with Crippen molar-refractivity contribution in [3.63, 3.8) is 0 Å². The Labute approximate surface area is 223 Å². The Hall–Kier alpha value is -4.10. The summed E-state index contributed by atoms with van der Waals surface area (Å²) in [6.07, 6.45) is 0. The molecule has 1 aliphatic rings. The Balaban J connectivity index is 1.64. The Kier molecular flexibility index (Phi) is 8.48. The summed E-state index contributed by atoms with van der Waals surface area (Å²) in [6, 6.07) is 21.6. The van der Waals surface area contributed by atoms with Crippen molar-refractivity contribution in [3.05, 3.63) is 101 Å². The van der Waals surface area contributed by atoms with Crippen molar-refractivity contribution >= 4 is 17.4 Å². The second kappa shape index (κ2) is 12.0. The number of ketones is 1. The lowest BCUT2D eigenvalue weighted by atomic mass is 9.95. The van der Waals surface area contributed by atoms with Crippen LogP contribution >= 0.6 is 0 Å². The highest BCUT2D eigenvalue weighted by atomic mass is 16.5. The van der Waals surface area contributed by atoms with Crippen molar-refractivity contribution < 1.29 is 24.2 Å². The van der Waals surface area contributed by atoms with Gasteiger partial charge in [0.25, 0.3) is 11.7 Å². The number of carbonyl (C=O) groups excluding carboxylic acids is 2. The molecule has 0 aromatic heterocycles. The molecule has 3 aromatic carbocycles. The third kappa shape index (κ3) is 6.06. The van der Waals surface area contributed by atoms with Gasteiger partial charge in [0.1, 0.15) is 23.9 Å². The minimum atomic E-state index is -0.706. The van der Waals surface area contributed by atoms with E-state index in [4.69, 9.17) is 9.47 Å². The molecule has 1 atom stereocenters. The number of aliphatic hydroxyl groups is 1. The zero-order valence-electron chi connectivity index (χ0n) is 22.3. The number of aliphatic hydroxyl groups excluding tert-OH is 1. The number of likely N-dealkylation sites (N-methyl/N-ethyl adjacent to an activating group) is 1. The van der Waals surface area contributed by atoms with Gasteiger partial charge in [-0.15, -0.1) is 0 Å². The van der Waals surface area contributed by atoms with E-state index in [1.807, 2.05) is 75.3 Å². The first kappa shape index (κ1) is 26.9. The maximum Gasteiger partial charge on any atom is 0.295 e. The highest BCUT2D eigenvalue weighted by Gasteiger charge is 2.45. The molecule has 1 heterocycles. The quantitative estimate of drug-likeness (QED) is 0.234. The average molecular weight is 515 g/mol. The first-order valence-corrected chi connectivity index (χ1v) is 12.7. The number of rotatable bonds is 10. The van der Waals surface area contributed by atoms with E-state index >= 15 is 0 Å². The second-order valence-electron chi connectivity index (χ2n) is 9.60. The van der Waals surface area contributed by atoms with Crippen molar-refractivity contribution in [2.24, 2.45) is 0 Å². The molecule has 38 heavy (non-hydrogen) atoms. The van der Waals surface area contributed by atoms with Gasteiger partial charge >= 0.3 is 0 Å². The summed E-state index contributed by atoms with van der Waals surface area (Å²) in [5.74, 6) is -0.189. The number of hydrogen-bond acceptors (Lipinski definition) is 6. The summed E-state index contributed by atoms with van der Waals surface area (Å²) in [6.45, 7) is 5.81. The van der Waals surface area contributed by atoms with Crippen LogP contribution in [0.2, 0.25) is 0 Å². The SMILES string of the molecule is CCOc1ccc([C@H]2C(=C(O)c3ccc(OCc4cccc(C)c4)cc3)C(=O)C(=O)N2CCN(C)C)cc1. The smallest absolute Gasteiger partial charge is 0.295 e. The van der Waals surface area contributed by atoms with E-state index in [1.54, 1.807) is 24.3 Å². The van der Waals surface area contributed by atoms with Gasteiger partial charge in [0.2, 0.25) is 0 Å². The molecule has 4 rings (SSSR count). The molecule has 1 saturated heterocycles. The number of hydrogen-bond donors (Lipinski definition) is 1. The van der Waals surface area contributed by atoms with E-state index in [0.717, 1.165) is 16.7 Å². The Morgan fingerprint density at radius 3 is 2.24 bits per heavy atom. The maximum atomic E-state index is 13.2. The van der Waals surface area contributed by atoms with Gasteiger partial charge in [0.15, 0.2) is 0 Å². The summed E-state index contributed by atoms with van der Waals surface area (Å²) in [7, 11) is 3.82. The normalized spacial score (nSPS) is 16.8. The lowest BCUT2D eigenvalue weighted by molar-refractivity contribution is -0.140. The topological polar surface area (TPSA) is 79.3 Å². The molecule has 1 N–H and O–H groups in total. The fraction of sp³-hybridized carbons (Fsp3) is 0.290. The van der Waals surface area contributed by atoms with E-state index in [9.17, 15) is 14.7 Å². The summed E-state index contributed by atoms with van der Waals surface area (Å²) in [5, 5.41) is 11.3. The van der Waals surface area contributed by atoms with Gasteiger partial charge in [-0.25, -0.2) is 0 Å². The van der Waals surface area contributed by atoms with Crippen LogP contribution in [0.3, 0.4) is 0 Å². The number of amides is 1. The fourth-order valence-corrected chi connectivity index (χ4v) is 4.51. The molecule has 0 spiro atoms. The molecule has 0 unspecified atom stereocenters. The van der Waals surface area contributed by atoms with Gasteiger partial charge in [0.05, 0.1) is 18.2 Å². The predicted octanol–water partition coefficient (Wildman–Crippen LogP) is 4.96. The summed E-state index contributed by atoms with van der Waals surface area (Å²) in [5.41, 5.74) is 3.47. The van der Waals surface area contributed by atoms with Crippen molar-refractivity contribution in [1.82, 2.24) is 9.80 Å². The minimum Gasteiger partial charge on any atom is -0.507 e. The van der Waals surface area contributed by atoms with Gasteiger partial charge in [-0.1, -0.05) is 42.0 Å². The molecule has 1 amide bonds. The van der Waals surface area contributed by atoms with Crippen LogP contribution in [0, 0.1) is 6.92 Å². The number of nitrogens with zero attached hydrogens (tertiary/aromatic N) is 2. The largest absolute Gasteiger partial charge is 0.507 e. The predicted molar refractivity (Wildman–Crippen MR) is 147 cm³/mol. The lowest BCUT2D eigenvalue weighted by Crippen LogP contribution is -2.35. The molecule has 3 aromatic rings. The first-order chi connectivity index (χ1) is 18.3. The maximum absolute atomic E-state index is 13.2. The van der Waals surface area contributed by atoms with Crippen LogP contribution in [0.1, 0.15) is 35.2 Å². The van der Waals surface area contributed by atoms with Crippen LogP contribution in [-0.4, -0.2) is 60.4 Å². The zero-order chi connectivity index (χ0) is 27.2. The average Bonchev–Trinajstić information content (AvgIpc) is 3.16. The first-order valence-electron chi connectivity index (χ1n) is 12.7. The Morgan fingerprint density at radius 2 is 1.61 bits per heavy atom. The Bertz CT molecular complexity index is 1310. The number of ether oxygens (including phenoxy) is 2. The Morgan fingerprint density at radius 1 is 0.947 bits per heavy atom. The van der Waals surface area contributed by atoms with Gasteiger partial charge in [-0.2, -0.15) is 0 Å². The number of Topliss-reactive ketones (excluding diaryl/α,β-unsaturated/α-hetero) is 1. The van der Waals surface area contributed by atoms with Gasteiger partial charge in [-0.3, -0.25) is 9.59 Å². The standard InChI is InChI=1S/C31H34N2O5/c1-5-37-25-13-9-23(10-14-25)28-27(30(35)31(36)33(28)18-17-32(3)4)29(34)24-11-15-26(16-12-24)38-20-22-8-6-7-21(2)19-22/h6-16,19,28,34H,5,17-18,20H2,1-4H3/t28-/m0/s1. The zero-order valence-corrected chi connectivity index (χ0v) is 22.3. The molecule has 0 bridgehead atoms. The van der Waals surface area contributed by atoms with Crippen LogP contribution in [0.4, 0.5) is 0 Å². The molecule has 0 radical (unpaired) electrons. The summed E-state index contributed by atoms with van der Waals surface area (Å²) >= 11 is 0. The molecule has 7 nitrogen and oxygen atoms in total. The fourth-order valence-electron chi connectivity index (χ4n) is 4.51. The third-order valence-electron chi connectivity index (χ3n) is 6.45. The number of benzene rings is 3. The van der Waals surface area contributed by atoms with E-state index in [2.05, 4.69) is 6.07 Å².